The van der Waals surface area contributed by atoms with Crippen molar-refractivity contribution in [3.8, 4) is 0 Å². The number of rotatable bonds is 5. The van der Waals surface area contributed by atoms with Gasteiger partial charge >= 0.3 is 0 Å². The molecule has 1 unspecified atom stereocenters. The Bertz CT molecular complexity index is 507. The van der Waals surface area contributed by atoms with Gasteiger partial charge in [-0.1, -0.05) is 64.8 Å². The minimum atomic E-state index is 0.280. The molecule has 0 aliphatic rings. The molecule has 0 amide bonds. The van der Waals surface area contributed by atoms with Crippen LogP contribution in [0, 0.1) is 0 Å². The molecular weight excluding hydrogens is 322 g/mol. The lowest BCUT2D eigenvalue weighted by molar-refractivity contribution is 0.549. The number of hydrogen-bond donors (Lipinski definition) is 1. The normalized spacial score (nSPS) is 12.4. The highest BCUT2D eigenvalue weighted by Gasteiger charge is 2.12. The van der Waals surface area contributed by atoms with Gasteiger partial charge in [0.25, 0.3) is 0 Å². The second kappa shape index (κ2) is 7.09. The van der Waals surface area contributed by atoms with E-state index in [1.54, 1.807) is 0 Å². The Morgan fingerprint density at radius 1 is 1.16 bits per heavy atom. The van der Waals surface area contributed by atoms with Gasteiger partial charge in [0.05, 0.1) is 0 Å². The van der Waals surface area contributed by atoms with Crippen LogP contribution >= 0.6 is 27.5 Å². The summed E-state index contributed by atoms with van der Waals surface area (Å²) in [6.45, 7) is 3.05. The molecule has 0 aromatic heterocycles. The number of benzene rings is 2. The molecule has 0 heterocycles. The highest BCUT2D eigenvalue weighted by atomic mass is 79.9. The zero-order valence-electron chi connectivity index (χ0n) is 10.9. The van der Waals surface area contributed by atoms with Crippen LogP contribution in [0.5, 0.6) is 0 Å². The molecule has 2 aromatic rings. The van der Waals surface area contributed by atoms with Crippen LogP contribution in [-0.2, 0) is 6.42 Å². The fourth-order valence-electron chi connectivity index (χ4n) is 2.18. The van der Waals surface area contributed by atoms with Crippen molar-refractivity contribution < 1.29 is 0 Å². The van der Waals surface area contributed by atoms with Crippen molar-refractivity contribution in [2.45, 2.75) is 19.4 Å². The highest BCUT2D eigenvalue weighted by Crippen LogP contribution is 2.26. The first kappa shape index (κ1) is 14.6. The van der Waals surface area contributed by atoms with Gasteiger partial charge in [0.2, 0.25) is 0 Å². The predicted octanol–water partition coefficient (Wildman–Crippen LogP) is 5.00. The SMILES string of the molecule is CCNC(Cc1ccccc1)c1cc(Cl)cc(Br)c1. The average molecular weight is 339 g/mol. The quantitative estimate of drug-likeness (QED) is 0.809. The second-order valence-corrected chi connectivity index (χ2v) is 5.85. The van der Waals surface area contributed by atoms with Crippen LogP contribution in [0.15, 0.2) is 53.0 Å². The second-order valence-electron chi connectivity index (χ2n) is 4.50. The molecule has 2 rings (SSSR count). The van der Waals surface area contributed by atoms with Crippen molar-refractivity contribution >= 4 is 27.5 Å². The van der Waals surface area contributed by atoms with E-state index in [0.29, 0.717) is 0 Å². The van der Waals surface area contributed by atoms with E-state index < -0.39 is 0 Å². The van der Waals surface area contributed by atoms with Gasteiger partial charge in [0, 0.05) is 15.5 Å². The van der Waals surface area contributed by atoms with Gasteiger partial charge in [-0.25, -0.2) is 0 Å². The summed E-state index contributed by atoms with van der Waals surface area (Å²) in [6.07, 6.45) is 0.960. The largest absolute Gasteiger partial charge is 0.310 e. The molecule has 3 heteroatoms. The fourth-order valence-corrected chi connectivity index (χ4v) is 3.07. The third-order valence-electron chi connectivity index (χ3n) is 3.02. The summed E-state index contributed by atoms with van der Waals surface area (Å²) >= 11 is 9.65. The fraction of sp³-hybridized carbons (Fsp3) is 0.250. The zero-order chi connectivity index (χ0) is 13.7. The van der Waals surface area contributed by atoms with Crippen LogP contribution in [0.25, 0.3) is 0 Å². The van der Waals surface area contributed by atoms with Crippen molar-refractivity contribution in [1.29, 1.82) is 0 Å². The third kappa shape index (κ3) is 4.34. The molecule has 1 atom stereocenters. The zero-order valence-corrected chi connectivity index (χ0v) is 13.2. The van der Waals surface area contributed by atoms with Gasteiger partial charge in [-0.2, -0.15) is 0 Å². The Morgan fingerprint density at radius 3 is 2.53 bits per heavy atom. The summed E-state index contributed by atoms with van der Waals surface area (Å²) in [4.78, 5) is 0. The van der Waals surface area contributed by atoms with Gasteiger partial charge in [-0.3, -0.25) is 0 Å². The molecule has 0 aliphatic carbocycles. The first-order chi connectivity index (χ1) is 9.19. The van der Waals surface area contributed by atoms with Crippen LogP contribution < -0.4 is 5.32 Å². The van der Waals surface area contributed by atoms with Crippen LogP contribution in [-0.4, -0.2) is 6.54 Å². The first-order valence-electron chi connectivity index (χ1n) is 6.42. The number of nitrogens with one attached hydrogen (secondary N) is 1. The van der Waals surface area contributed by atoms with E-state index in [4.69, 9.17) is 11.6 Å². The molecule has 0 radical (unpaired) electrons. The molecule has 19 heavy (non-hydrogen) atoms. The van der Waals surface area contributed by atoms with E-state index in [1.165, 1.54) is 11.1 Å². The van der Waals surface area contributed by atoms with Crippen LogP contribution in [0.3, 0.4) is 0 Å². The molecule has 0 aliphatic heterocycles. The Morgan fingerprint density at radius 2 is 1.89 bits per heavy atom. The Labute approximate surface area is 128 Å². The topological polar surface area (TPSA) is 12.0 Å². The molecule has 2 aromatic carbocycles. The Hall–Kier alpha value is -0.830. The molecule has 0 saturated heterocycles. The van der Waals surface area contributed by atoms with Crippen molar-refractivity contribution in [1.82, 2.24) is 5.32 Å². The van der Waals surface area contributed by atoms with Crippen molar-refractivity contribution in [3.63, 3.8) is 0 Å². The molecule has 0 fully saturated rings. The average Bonchev–Trinajstić information content (AvgIpc) is 2.38. The highest BCUT2D eigenvalue weighted by molar-refractivity contribution is 9.10. The van der Waals surface area contributed by atoms with Crippen LogP contribution in [0.2, 0.25) is 5.02 Å². The van der Waals surface area contributed by atoms with E-state index in [1.807, 2.05) is 18.2 Å². The monoisotopic (exact) mass is 337 g/mol. The molecule has 0 spiro atoms. The van der Waals surface area contributed by atoms with E-state index >= 15 is 0 Å². The van der Waals surface area contributed by atoms with Crippen molar-refractivity contribution in [3.05, 3.63) is 69.2 Å². The summed E-state index contributed by atoms with van der Waals surface area (Å²) in [5.41, 5.74) is 2.54. The summed E-state index contributed by atoms with van der Waals surface area (Å²) in [6, 6.07) is 16.9. The van der Waals surface area contributed by atoms with Crippen LogP contribution in [0.1, 0.15) is 24.1 Å². The molecule has 1 nitrogen and oxygen atoms in total. The van der Waals surface area contributed by atoms with E-state index in [-0.39, 0.29) is 6.04 Å². The summed E-state index contributed by atoms with van der Waals surface area (Å²) in [5.74, 6) is 0. The van der Waals surface area contributed by atoms with Gasteiger partial charge in [0.1, 0.15) is 0 Å². The number of halogens is 2. The lowest BCUT2D eigenvalue weighted by atomic mass is 9.99. The van der Waals surface area contributed by atoms with Crippen molar-refractivity contribution in [2.24, 2.45) is 0 Å². The minimum absolute atomic E-state index is 0.280. The van der Waals surface area contributed by atoms with E-state index in [0.717, 1.165) is 22.5 Å². The van der Waals surface area contributed by atoms with Crippen LogP contribution in [0.4, 0.5) is 0 Å². The van der Waals surface area contributed by atoms with Gasteiger partial charge in [-0.05, 0) is 42.3 Å². The standard InChI is InChI=1S/C16H17BrClN/c1-2-19-16(8-12-6-4-3-5-7-12)13-9-14(17)11-15(18)10-13/h3-7,9-11,16,19H,2,8H2,1H3. The Kier molecular flexibility index (Phi) is 5.44. The van der Waals surface area contributed by atoms with Gasteiger partial charge in [0.15, 0.2) is 0 Å². The lowest BCUT2D eigenvalue weighted by Crippen LogP contribution is -2.23. The van der Waals surface area contributed by atoms with Gasteiger partial charge < -0.3 is 5.32 Å². The first-order valence-corrected chi connectivity index (χ1v) is 7.59. The van der Waals surface area contributed by atoms with E-state index in [2.05, 4.69) is 58.5 Å². The number of hydrogen-bond acceptors (Lipinski definition) is 1. The maximum absolute atomic E-state index is 6.14. The molecular formula is C16H17BrClN. The molecule has 100 valence electrons. The van der Waals surface area contributed by atoms with Gasteiger partial charge in [-0.15, -0.1) is 0 Å². The predicted molar refractivity (Wildman–Crippen MR) is 85.7 cm³/mol. The molecule has 0 bridgehead atoms. The molecule has 0 saturated carbocycles. The minimum Gasteiger partial charge on any atom is -0.310 e. The summed E-state index contributed by atoms with van der Waals surface area (Å²) < 4.78 is 1.02. The maximum atomic E-state index is 6.14. The maximum Gasteiger partial charge on any atom is 0.0420 e. The summed E-state index contributed by atoms with van der Waals surface area (Å²) in [5, 5.41) is 4.29. The number of likely N-dealkylation sites (N-methyl/N-ethyl adjacent to an activating group) is 1. The summed E-state index contributed by atoms with van der Waals surface area (Å²) in [7, 11) is 0. The smallest absolute Gasteiger partial charge is 0.0420 e. The van der Waals surface area contributed by atoms with E-state index in [9.17, 15) is 0 Å². The van der Waals surface area contributed by atoms with Crippen molar-refractivity contribution in [2.75, 3.05) is 6.54 Å². The third-order valence-corrected chi connectivity index (χ3v) is 3.70. The molecule has 1 N–H and O–H groups in total. The Balaban J connectivity index is 2.24. The lowest BCUT2D eigenvalue weighted by Gasteiger charge is -2.19.